The maximum absolute atomic E-state index is 12.8. The molecule has 2 N–H and O–H groups in total. The van der Waals surface area contributed by atoms with Gasteiger partial charge < -0.3 is 9.84 Å². The summed E-state index contributed by atoms with van der Waals surface area (Å²) in [6.07, 6.45) is -4.47. The van der Waals surface area contributed by atoms with E-state index >= 15 is 0 Å². The fourth-order valence-electron chi connectivity index (χ4n) is 2.13. The number of hydrogen-bond acceptors (Lipinski definition) is 4. The quantitative estimate of drug-likeness (QED) is 0.770. The van der Waals surface area contributed by atoms with Crippen LogP contribution in [0.15, 0.2) is 62.6 Å². The molecule has 24 heavy (non-hydrogen) atoms. The molecule has 2 aromatic carbocycles. The van der Waals surface area contributed by atoms with Crippen molar-refractivity contribution in [3.05, 3.63) is 75.1 Å². The van der Waals surface area contributed by atoms with Gasteiger partial charge in [-0.05, 0) is 30.3 Å². The van der Waals surface area contributed by atoms with E-state index in [4.69, 9.17) is 4.52 Å². The van der Waals surface area contributed by atoms with Gasteiger partial charge in [0.15, 0.2) is 0 Å². The molecule has 0 atom stereocenters. The molecule has 0 unspecified atom stereocenters. The van der Waals surface area contributed by atoms with Crippen LogP contribution in [0.25, 0.3) is 5.69 Å². The second kappa shape index (κ2) is 5.76. The first kappa shape index (κ1) is 15.7. The van der Waals surface area contributed by atoms with E-state index in [2.05, 4.69) is 5.32 Å². The molecular formula is C15H10F3N3O3. The maximum atomic E-state index is 12.8. The van der Waals surface area contributed by atoms with Crippen LogP contribution >= 0.6 is 0 Å². The topological polar surface area (TPSA) is 80.0 Å². The molecule has 0 fully saturated rings. The van der Waals surface area contributed by atoms with E-state index in [9.17, 15) is 22.8 Å². The highest BCUT2D eigenvalue weighted by Crippen LogP contribution is 2.32. The van der Waals surface area contributed by atoms with Gasteiger partial charge in [0.2, 0.25) is 0 Å². The van der Waals surface area contributed by atoms with Gasteiger partial charge in [0.25, 0.3) is 0 Å². The number of H-pyrrole nitrogens is 1. The molecule has 6 nitrogen and oxygen atoms in total. The molecule has 0 bridgehead atoms. The number of rotatable bonds is 3. The Morgan fingerprint density at radius 1 is 1.04 bits per heavy atom. The minimum atomic E-state index is -4.47. The minimum Gasteiger partial charge on any atom is -0.354 e. The molecular weight excluding hydrogens is 327 g/mol. The average molecular weight is 337 g/mol. The second-order valence-corrected chi connectivity index (χ2v) is 4.82. The zero-order valence-corrected chi connectivity index (χ0v) is 11.9. The number of nitrogens with zero attached hydrogens (tertiary/aromatic N) is 1. The summed E-state index contributed by atoms with van der Waals surface area (Å²) in [5, 5.41) is 2.78. The van der Waals surface area contributed by atoms with Crippen LogP contribution in [0.5, 0.6) is 0 Å². The number of para-hydroxylation sites is 2. The lowest BCUT2D eigenvalue weighted by atomic mass is 10.2. The summed E-state index contributed by atoms with van der Waals surface area (Å²) >= 11 is 0. The highest BCUT2D eigenvalue weighted by Gasteiger charge is 2.30. The van der Waals surface area contributed by atoms with Crippen molar-refractivity contribution in [1.82, 2.24) is 9.72 Å². The van der Waals surface area contributed by atoms with Crippen LogP contribution < -0.4 is 16.8 Å². The third-order valence-corrected chi connectivity index (χ3v) is 3.16. The third-order valence-electron chi connectivity index (χ3n) is 3.16. The van der Waals surface area contributed by atoms with Gasteiger partial charge >= 0.3 is 17.6 Å². The predicted molar refractivity (Wildman–Crippen MR) is 79.7 cm³/mol. The Hall–Kier alpha value is -3.23. The third kappa shape index (κ3) is 3.09. The summed E-state index contributed by atoms with van der Waals surface area (Å²) in [7, 11) is 0. The van der Waals surface area contributed by atoms with Gasteiger partial charge in [-0.15, -0.1) is 4.74 Å². The molecule has 0 radical (unpaired) electrons. The summed E-state index contributed by atoms with van der Waals surface area (Å²) < 4.78 is 43.8. The summed E-state index contributed by atoms with van der Waals surface area (Å²) in [5.41, 5.74) is -0.961. The lowest BCUT2D eigenvalue weighted by Crippen LogP contribution is -2.16. The van der Waals surface area contributed by atoms with Crippen LogP contribution in [0, 0.1) is 0 Å². The lowest BCUT2D eigenvalue weighted by Gasteiger charge is -2.13. The largest absolute Gasteiger partial charge is 0.440 e. The van der Waals surface area contributed by atoms with Gasteiger partial charge in [0, 0.05) is 5.69 Å². The smallest absolute Gasteiger partial charge is 0.354 e. The first-order chi connectivity index (χ1) is 11.3. The number of benzene rings is 2. The van der Waals surface area contributed by atoms with Crippen LogP contribution in [-0.2, 0) is 6.18 Å². The Kier molecular flexibility index (Phi) is 3.76. The monoisotopic (exact) mass is 337 g/mol. The SMILES string of the molecule is O=c1[nH]c(=O)n(-c2ccccc2Nc2cccc(C(F)(F)F)c2)o1. The number of anilines is 2. The van der Waals surface area contributed by atoms with Crippen LogP contribution in [0.1, 0.15) is 5.56 Å². The lowest BCUT2D eigenvalue weighted by molar-refractivity contribution is -0.137. The summed E-state index contributed by atoms with van der Waals surface area (Å²) in [4.78, 5) is 24.7. The molecule has 0 aliphatic carbocycles. The number of aromatic amines is 1. The Labute approximate surface area is 132 Å². The van der Waals surface area contributed by atoms with E-state index in [1.165, 1.54) is 24.3 Å². The Morgan fingerprint density at radius 2 is 1.79 bits per heavy atom. The van der Waals surface area contributed by atoms with Crippen molar-refractivity contribution in [2.75, 3.05) is 5.32 Å². The maximum Gasteiger partial charge on any atom is 0.440 e. The van der Waals surface area contributed by atoms with Crippen molar-refractivity contribution >= 4 is 11.4 Å². The van der Waals surface area contributed by atoms with E-state index in [1.807, 2.05) is 4.98 Å². The summed E-state index contributed by atoms with van der Waals surface area (Å²) in [6.45, 7) is 0. The minimum absolute atomic E-state index is 0.170. The zero-order valence-electron chi connectivity index (χ0n) is 11.9. The normalized spacial score (nSPS) is 11.5. The zero-order chi connectivity index (χ0) is 17.3. The van der Waals surface area contributed by atoms with Gasteiger partial charge in [-0.1, -0.05) is 18.2 Å². The van der Waals surface area contributed by atoms with E-state index in [0.29, 0.717) is 5.69 Å². The number of nitrogens with one attached hydrogen (secondary N) is 2. The van der Waals surface area contributed by atoms with Crippen molar-refractivity contribution in [2.45, 2.75) is 6.18 Å². The summed E-state index contributed by atoms with van der Waals surface area (Å²) in [5.74, 6) is -0.936. The molecule has 124 valence electrons. The second-order valence-electron chi connectivity index (χ2n) is 4.82. The molecule has 9 heteroatoms. The van der Waals surface area contributed by atoms with Gasteiger partial charge in [-0.3, -0.25) is 0 Å². The van der Waals surface area contributed by atoms with E-state index in [-0.39, 0.29) is 11.4 Å². The predicted octanol–water partition coefficient (Wildman–Crippen LogP) is 2.88. The fraction of sp³-hybridized carbons (Fsp3) is 0.0667. The van der Waals surface area contributed by atoms with Gasteiger partial charge in [-0.25, -0.2) is 14.6 Å². The molecule has 0 saturated carbocycles. The fourth-order valence-corrected chi connectivity index (χ4v) is 2.13. The van der Waals surface area contributed by atoms with Crippen LogP contribution in [0.3, 0.4) is 0 Å². The van der Waals surface area contributed by atoms with Crippen LogP contribution in [-0.4, -0.2) is 9.72 Å². The van der Waals surface area contributed by atoms with E-state index in [0.717, 1.165) is 16.9 Å². The molecule has 3 rings (SSSR count). The Balaban J connectivity index is 2.02. The highest BCUT2D eigenvalue weighted by atomic mass is 19.4. The first-order valence-corrected chi connectivity index (χ1v) is 6.71. The molecule has 0 aliphatic rings. The molecule has 0 spiro atoms. The number of alkyl halides is 3. The molecule has 3 aromatic rings. The molecule has 0 aliphatic heterocycles. The molecule has 0 saturated heterocycles. The van der Waals surface area contributed by atoms with Gasteiger partial charge in [0.1, 0.15) is 5.69 Å². The van der Waals surface area contributed by atoms with Crippen LogP contribution in [0.4, 0.5) is 24.5 Å². The van der Waals surface area contributed by atoms with E-state index < -0.39 is 23.2 Å². The van der Waals surface area contributed by atoms with Crippen molar-refractivity contribution in [1.29, 1.82) is 0 Å². The summed E-state index contributed by atoms with van der Waals surface area (Å²) in [6, 6.07) is 10.8. The number of halogens is 3. The molecule has 1 heterocycles. The average Bonchev–Trinajstić information content (AvgIpc) is 2.86. The van der Waals surface area contributed by atoms with Gasteiger partial charge in [-0.2, -0.15) is 13.2 Å². The van der Waals surface area contributed by atoms with Crippen molar-refractivity contribution in [2.24, 2.45) is 0 Å². The first-order valence-electron chi connectivity index (χ1n) is 6.71. The Morgan fingerprint density at radius 3 is 2.46 bits per heavy atom. The molecule has 1 aromatic heterocycles. The van der Waals surface area contributed by atoms with E-state index in [1.54, 1.807) is 12.1 Å². The van der Waals surface area contributed by atoms with Crippen molar-refractivity contribution < 1.29 is 17.7 Å². The standard InChI is InChI=1S/C15H10F3N3O3/c16-15(17,18)9-4-3-5-10(8-9)19-11-6-1-2-7-12(11)21-13(22)20-14(23)24-21/h1-8,19H,(H,20,22,23). The highest BCUT2D eigenvalue weighted by molar-refractivity contribution is 5.68. The van der Waals surface area contributed by atoms with Crippen LogP contribution in [0.2, 0.25) is 0 Å². The van der Waals surface area contributed by atoms with Crippen molar-refractivity contribution in [3.63, 3.8) is 0 Å². The van der Waals surface area contributed by atoms with Gasteiger partial charge in [0.05, 0.1) is 11.3 Å². The van der Waals surface area contributed by atoms with Crippen molar-refractivity contribution in [3.8, 4) is 5.69 Å². The number of hydrogen-bond donors (Lipinski definition) is 2. The Bertz CT molecular complexity index is 985. The number of aromatic nitrogens is 2. The molecule has 0 amide bonds.